The van der Waals surface area contributed by atoms with Gasteiger partial charge in [0.05, 0.1) is 24.1 Å². The second kappa shape index (κ2) is 9.74. The number of alkyl halides is 3. The van der Waals surface area contributed by atoms with E-state index in [-0.39, 0.29) is 18.2 Å². The van der Waals surface area contributed by atoms with E-state index in [0.717, 1.165) is 29.5 Å². The van der Waals surface area contributed by atoms with Crippen LogP contribution in [-0.4, -0.2) is 44.9 Å². The highest BCUT2D eigenvalue weighted by molar-refractivity contribution is 5.60. The van der Waals surface area contributed by atoms with Crippen molar-refractivity contribution >= 4 is 6.34 Å². The molecule has 2 heterocycles. The van der Waals surface area contributed by atoms with Gasteiger partial charge < -0.3 is 9.58 Å². The summed E-state index contributed by atoms with van der Waals surface area (Å²) in [6, 6.07) is 8.18. The van der Waals surface area contributed by atoms with Crippen LogP contribution in [0, 0.1) is 17.0 Å². The summed E-state index contributed by atoms with van der Waals surface area (Å²) < 4.78 is 69.4. The first-order valence-corrected chi connectivity index (χ1v) is 11.0. The number of nitrogens with one attached hydrogen (secondary N) is 1. The van der Waals surface area contributed by atoms with Gasteiger partial charge in [-0.2, -0.15) is 13.2 Å². The van der Waals surface area contributed by atoms with Gasteiger partial charge in [0.15, 0.2) is 0 Å². The predicted molar refractivity (Wildman–Crippen MR) is 121 cm³/mol. The van der Waals surface area contributed by atoms with Gasteiger partial charge in [0.25, 0.3) is 0 Å². The zero-order chi connectivity index (χ0) is 25.3. The minimum atomic E-state index is -4.44. The molecule has 1 aliphatic rings. The van der Waals surface area contributed by atoms with E-state index >= 15 is 0 Å². The van der Waals surface area contributed by atoms with Crippen LogP contribution < -0.4 is 5.84 Å². The molecule has 2 atom stereocenters. The number of halogens is 5. The van der Waals surface area contributed by atoms with Crippen LogP contribution in [0.4, 0.5) is 22.0 Å². The summed E-state index contributed by atoms with van der Waals surface area (Å²) in [5, 5.41) is 8.54. The Hall–Kier alpha value is -3.31. The molecule has 1 aromatic heterocycles. The number of nitrogens with two attached hydrogens (primary N) is 1. The monoisotopic (exact) mass is 492 g/mol. The minimum absolute atomic E-state index is 0.133. The molecule has 1 aliphatic heterocycles. The zero-order valence-electron chi connectivity index (χ0n) is 18.9. The van der Waals surface area contributed by atoms with Crippen LogP contribution in [0.15, 0.2) is 48.7 Å². The number of imidazole rings is 1. The van der Waals surface area contributed by atoms with Crippen LogP contribution in [0.5, 0.6) is 0 Å². The second-order valence-corrected chi connectivity index (χ2v) is 8.62. The van der Waals surface area contributed by atoms with Crippen molar-refractivity contribution in [1.82, 2.24) is 19.5 Å². The zero-order valence-corrected chi connectivity index (χ0v) is 18.9. The lowest BCUT2D eigenvalue weighted by Gasteiger charge is -2.38. The van der Waals surface area contributed by atoms with Crippen LogP contribution >= 0.6 is 0 Å². The summed E-state index contributed by atoms with van der Waals surface area (Å²) in [5.74, 6) is 4.64. The Kier molecular flexibility index (Phi) is 6.91. The first-order chi connectivity index (χ1) is 16.6. The highest BCUT2D eigenvalue weighted by Gasteiger charge is 2.32. The van der Waals surface area contributed by atoms with E-state index < -0.39 is 29.3 Å². The Morgan fingerprint density at radius 2 is 1.94 bits per heavy atom. The normalized spacial score (nSPS) is 16.0. The maximum Gasteiger partial charge on any atom is 0.416 e. The van der Waals surface area contributed by atoms with E-state index in [1.54, 1.807) is 12.3 Å². The molecule has 3 N–H and O–H groups in total. The molecule has 0 saturated carbocycles. The molecule has 0 bridgehead atoms. The topological polar surface area (TPSA) is 74.2 Å². The van der Waals surface area contributed by atoms with Gasteiger partial charge in [0.2, 0.25) is 0 Å². The number of nitrogens with zero attached hydrogens (tertiary/aromatic N) is 4. The van der Waals surface area contributed by atoms with Gasteiger partial charge in [0.1, 0.15) is 17.5 Å². The first kappa shape index (κ1) is 24.8. The molecule has 35 heavy (non-hydrogen) atoms. The van der Waals surface area contributed by atoms with Crippen LogP contribution in [0.1, 0.15) is 29.8 Å². The molecular formula is C24H25F5N6. The number of fused-ring (bicyclic) bond motifs is 1. The Labute approximate surface area is 199 Å². The van der Waals surface area contributed by atoms with Gasteiger partial charge in [-0.25, -0.2) is 19.6 Å². The number of hydrogen-bond donors (Lipinski definition) is 2. The maximum absolute atomic E-state index is 14.7. The summed E-state index contributed by atoms with van der Waals surface area (Å²) in [6.07, 6.45) is -1.77. The summed E-state index contributed by atoms with van der Waals surface area (Å²) >= 11 is 0. The molecule has 6 nitrogen and oxygen atoms in total. The van der Waals surface area contributed by atoms with Crippen molar-refractivity contribution in [3.63, 3.8) is 0 Å². The minimum Gasteiger partial charge on any atom is -0.332 e. The fourth-order valence-electron chi connectivity index (χ4n) is 4.46. The van der Waals surface area contributed by atoms with E-state index in [4.69, 9.17) is 11.3 Å². The molecule has 0 amide bonds. The van der Waals surface area contributed by atoms with Crippen molar-refractivity contribution in [2.24, 2.45) is 5.84 Å². The molecule has 11 heteroatoms. The van der Waals surface area contributed by atoms with Gasteiger partial charge in [-0.3, -0.25) is 10.3 Å². The third kappa shape index (κ3) is 5.35. The van der Waals surface area contributed by atoms with Crippen LogP contribution in [-0.2, 0) is 19.3 Å². The lowest BCUT2D eigenvalue weighted by molar-refractivity contribution is -0.137. The molecule has 0 aliphatic carbocycles. The molecule has 0 radical (unpaired) electrons. The number of benzene rings is 2. The standard InChI is InChI=1S/C24H25F5N6/c1-15(20(11-35(31)14-30)19-6-5-18(25)10-21(19)26)33-7-8-34-12-22(32-23(34)13-33)16-3-2-4-17(9-16)24(27,28)29/h2-6,9-10,12,14-15,20,30H,7-8,11,13,31H2,1H3. The number of aromatic nitrogens is 2. The van der Waals surface area contributed by atoms with Crippen LogP contribution in [0.25, 0.3) is 11.3 Å². The Bertz CT molecular complexity index is 1210. The van der Waals surface area contributed by atoms with E-state index in [1.807, 2.05) is 11.5 Å². The Morgan fingerprint density at radius 1 is 1.17 bits per heavy atom. The average Bonchev–Trinajstić information content (AvgIpc) is 3.25. The van der Waals surface area contributed by atoms with Gasteiger partial charge in [-0.05, 0) is 30.7 Å². The average molecular weight is 492 g/mol. The van der Waals surface area contributed by atoms with Gasteiger partial charge in [-0.15, -0.1) is 0 Å². The fourth-order valence-corrected chi connectivity index (χ4v) is 4.46. The number of hydrazine groups is 1. The summed E-state index contributed by atoms with van der Waals surface area (Å²) in [4.78, 5) is 6.65. The molecule has 2 unspecified atom stereocenters. The summed E-state index contributed by atoms with van der Waals surface area (Å²) in [5.41, 5.74) is 0.365. The summed E-state index contributed by atoms with van der Waals surface area (Å²) in [6.45, 7) is 3.54. The van der Waals surface area contributed by atoms with Crippen molar-refractivity contribution in [3.8, 4) is 11.3 Å². The highest BCUT2D eigenvalue weighted by atomic mass is 19.4. The quantitative estimate of drug-likeness (QED) is 0.166. The Morgan fingerprint density at radius 3 is 2.63 bits per heavy atom. The maximum atomic E-state index is 14.7. The molecule has 4 rings (SSSR count). The van der Waals surface area contributed by atoms with Gasteiger partial charge in [0, 0.05) is 49.4 Å². The predicted octanol–water partition coefficient (Wildman–Crippen LogP) is 4.62. The highest BCUT2D eigenvalue weighted by Crippen LogP contribution is 2.33. The van der Waals surface area contributed by atoms with Crippen LogP contribution in [0.3, 0.4) is 0 Å². The molecule has 0 saturated heterocycles. The largest absolute Gasteiger partial charge is 0.416 e. The van der Waals surface area contributed by atoms with Crippen molar-refractivity contribution in [2.45, 2.75) is 38.1 Å². The molecule has 2 aromatic carbocycles. The van der Waals surface area contributed by atoms with E-state index in [1.165, 1.54) is 18.2 Å². The smallest absolute Gasteiger partial charge is 0.332 e. The fraction of sp³-hybridized carbons (Fsp3) is 0.333. The molecule has 3 aromatic rings. The van der Waals surface area contributed by atoms with E-state index in [0.29, 0.717) is 36.7 Å². The van der Waals surface area contributed by atoms with Crippen LogP contribution in [0.2, 0.25) is 0 Å². The third-order valence-electron chi connectivity index (χ3n) is 6.41. The lowest BCUT2D eigenvalue weighted by atomic mass is 9.90. The SMILES string of the molecule is CC(C(CN(N)C=N)c1ccc(F)cc1F)N1CCn2cc(-c3cccc(C(F)(F)F)c3)nc2C1. The molecule has 186 valence electrons. The molecule has 0 spiro atoms. The third-order valence-corrected chi connectivity index (χ3v) is 6.41. The van der Waals surface area contributed by atoms with Gasteiger partial charge >= 0.3 is 6.18 Å². The van der Waals surface area contributed by atoms with E-state index in [9.17, 15) is 22.0 Å². The first-order valence-electron chi connectivity index (χ1n) is 11.0. The lowest BCUT2D eigenvalue weighted by Crippen LogP contribution is -2.46. The number of hydrogen-bond acceptors (Lipinski definition) is 4. The second-order valence-electron chi connectivity index (χ2n) is 8.62. The summed E-state index contributed by atoms with van der Waals surface area (Å²) in [7, 11) is 0. The van der Waals surface area contributed by atoms with E-state index in [2.05, 4.69) is 9.88 Å². The Balaban J connectivity index is 1.59. The van der Waals surface area contributed by atoms with Gasteiger partial charge in [-0.1, -0.05) is 18.2 Å². The molecule has 0 fully saturated rings. The van der Waals surface area contributed by atoms with Crippen molar-refractivity contribution in [2.75, 3.05) is 13.1 Å². The van der Waals surface area contributed by atoms with Crippen molar-refractivity contribution < 1.29 is 22.0 Å². The molecular weight excluding hydrogens is 467 g/mol. The van der Waals surface area contributed by atoms with Crippen molar-refractivity contribution in [3.05, 3.63) is 77.2 Å². The number of rotatable bonds is 7. The van der Waals surface area contributed by atoms with Crippen molar-refractivity contribution in [1.29, 1.82) is 5.41 Å².